The Balaban J connectivity index is 1.37. The Hall–Kier alpha value is -0.170. The van der Waals surface area contributed by atoms with Gasteiger partial charge in [0.1, 0.15) is 0 Å². The van der Waals surface area contributed by atoms with Gasteiger partial charge in [-0.25, -0.2) is 8.42 Å². The van der Waals surface area contributed by atoms with Crippen molar-refractivity contribution in [1.29, 1.82) is 0 Å². The predicted octanol–water partition coefficient (Wildman–Crippen LogP) is 0.418. The third kappa shape index (κ3) is 2.04. The first-order valence-electron chi connectivity index (χ1n) is 7.46. The Morgan fingerprint density at radius 1 is 1.11 bits per heavy atom. The first-order chi connectivity index (χ1) is 9.09. The lowest BCUT2D eigenvalue weighted by Gasteiger charge is -2.46. The smallest absolute Gasteiger partial charge is 0.217 e. The normalized spacial score (nSPS) is 35.9. The predicted molar refractivity (Wildman–Crippen MR) is 71.4 cm³/mol. The van der Waals surface area contributed by atoms with E-state index in [0.29, 0.717) is 19.1 Å². The fourth-order valence-electron chi connectivity index (χ4n) is 3.74. The minimum absolute atomic E-state index is 0.0827. The molecule has 1 spiro atoms. The first kappa shape index (κ1) is 12.6. The fourth-order valence-corrected chi connectivity index (χ4v) is 5.72. The second-order valence-electron chi connectivity index (χ2n) is 6.61. The van der Waals surface area contributed by atoms with Gasteiger partial charge < -0.3 is 4.74 Å². The van der Waals surface area contributed by atoms with Gasteiger partial charge in [0.2, 0.25) is 10.0 Å². The third-order valence-corrected chi connectivity index (χ3v) is 7.37. The van der Waals surface area contributed by atoms with Crippen LogP contribution >= 0.6 is 0 Å². The van der Waals surface area contributed by atoms with Crippen molar-refractivity contribution in [2.75, 3.05) is 32.8 Å². The van der Waals surface area contributed by atoms with Crippen LogP contribution < -0.4 is 0 Å². The Kier molecular flexibility index (Phi) is 2.75. The zero-order valence-corrected chi connectivity index (χ0v) is 12.1. The molecule has 0 bridgehead atoms. The van der Waals surface area contributed by atoms with Gasteiger partial charge in [0, 0.05) is 19.1 Å². The lowest BCUT2D eigenvalue weighted by molar-refractivity contribution is -0.0774. The monoisotopic (exact) mass is 286 g/mol. The van der Waals surface area contributed by atoms with Crippen molar-refractivity contribution in [2.45, 2.75) is 49.0 Å². The largest absolute Gasteiger partial charge is 0.371 e. The third-order valence-electron chi connectivity index (χ3n) is 5.08. The quantitative estimate of drug-likeness (QED) is 0.754. The Labute approximate surface area is 114 Å². The molecule has 0 N–H and O–H groups in total. The highest BCUT2D eigenvalue weighted by Crippen LogP contribution is 2.42. The van der Waals surface area contributed by atoms with Crippen molar-refractivity contribution < 1.29 is 13.2 Å². The highest BCUT2D eigenvalue weighted by atomic mass is 32.2. The molecule has 0 aromatic rings. The van der Waals surface area contributed by atoms with Gasteiger partial charge in [0.15, 0.2) is 0 Å². The second kappa shape index (κ2) is 4.16. The van der Waals surface area contributed by atoms with Crippen LogP contribution in [0, 0.1) is 0 Å². The van der Waals surface area contributed by atoms with Crippen LogP contribution in [0.2, 0.25) is 0 Å². The van der Waals surface area contributed by atoms with E-state index >= 15 is 0 Å². The van der Waals surface area contributed by atoms with E-state index in [0.717, 1.165) is 25.9 Å². The van der Waals surface area contributed by atoms with Gasteiger partial charge in [-0.05, 0) is 45.2 Å². The molecular formula is C13H22N2O3S. The van der Waals surface area contributed by atoms with Crippen molar-refractivity contribution >= 4 is 10.0 Å². The molecule has 1 atom stereocenters. The molecule has 4 fully saturated rings. The van der Waals surface area contributed by atoms with Gasteiger partial charge in [-0.2, -0.15) is 4.31 Å². The van der Waals surface area contributed by atoms with Crippen LogP contribution in [0.5, 0.6) is 0 Å². The average molecular weight is 286 g/mol. The van der Waals surface area contributed by atoms with E-state index in [2.05, 4.69) is 4.90 Å². The summed E-state index contributed by atoms with van der Waals surface area (Å²) in [5, 5.41) is -0.0827. The summed E-state index contributed by atoms with van der Waals surface area (Å²) in [5.41, 5.74) is -0.158. The molecule has 1 aliphatic carbocycles. The summed E-state index contributed by atoms with van der Waals surface area (Å²) in [6.07, 6.45) is 5.31. The van der Waals surface area contributed by atoms with Gasteiger partial charge in [0.25, 0.3) is 0 Å². The van der Waals surface area contributed by atoms with Crippen molar-refractivity contribution in [3.63, 3.8) is 0 Å². The van der Waals surface area contributed by atoms with Crippen LogP contribution in [0.15, 0.2) is 0 Å². The topological polar surface area (TPSA) is 49.9 Å². The van der Waals surface area contributed by atoms with E-state index in [1.807, 2.05) is 0 Å². The molecule has 4 aliphatic rings. The van der Waals surface area contributed by atoms with Gasteiger partial charge in [-0.15, -0.1) is 0 Å². The number of hydrogen-bond donors (Lipinski definition) is 0. The van der Waals surface area contributed by atoms with E-state index in [-0.39, 0.29) is 10.9 Å². The molecule has 6 heteroatoms. The molecule has 1 saturated carbocycles. The van der Waals surface area contributed by atoms with Crippen molar-refractivity contribution in [3.05, 3.63) is 0 Å². The summed E-state index contributed by atoms with van der Waals surface area (Å²) < 4.78 is 31.9. The van der Waals surface area contributed by atoms with E-state index in [4.69, 9.17) is 4.74 Å². The van der Waals surface area contributed by atoms with Crippen LogP contribution in [0.25, 0.3) is 0 Å². The summed E-state index contributed by atoms with van der Waals surface area (Å²) in [7, 11) is -2.99. The zero-order chi connectivity index (χ0) is 13.1. The SMILES string of the molecule is O=S(=O)(C1CC1)N1CC2(CC(N3CCCC3)CO2)C1. The van der Waals surface area contributed by atoms with Gasteiger partial charge >= 0.3 is 0 Å². The van der Waals surface area contributed by atoms with Crippen molar-refractivity contribution in [1.82, 2.24) is 9.21 Å². The molecule has 1 unspecified atom stereocenters. The highest BCUT2D eigenvalue weighted by molar-refractivity contribution is 7.90. The van der Waals surface area contributed by atoms with E-state index in [1.54, 1.807) is 4.31 Å². The zero-order valence-electron chi connectivity index (χ0n) is 11.3. The van der Waals surface area contributed by atoms with E-state index < -0.39 is 10.0 Å². The Morgan fingerprint density at radius 3 is 2.42 bits per heavy atom. The standard InChI is InChI=1S/C13H22N2O3S/c16-19(17,12-3-4-12)15-9-13(10-15)7-11(8-18-13)14-5-1-2-6-14/h11-12H,1-10H2. The summed E-state index contributed by atoms with van der Waals surface area (Å²) in [5.74, 6) is 0. The summed E-state index contributed by atoms with van der Waals surface area (Å²) >= 11 is 0. The number of ether oxygens (including phenoxy) is 1. The van der Waals surface area contributed by atoms with Crippen molar-refractivity contribution in [2.24, 2.45) is 0 Å². The summed E-state index contributed by atoms with van der Waals surface area (Å²) in [4.78, 5) is 2.52. The molecule has 19 heavy (non-hydrogen) atoms. The molecule has 108 valence electrons. The lowest BCUT2D eigenvalue weighted by Crippen LogP contribution is -2.63. The molecule has 0 amide bonds. The number of rotatable bonds is 3. The van der Waals surface area contributed by atoms with Crippen LogP contribution in [0.1, 0.15) is 32.1 Å². The molecule has 3 heterocycles. The number of nitrogens with zero attached hydrogens (tertiary/aromatic N) is 2. The van der Waals surface area contributed by atoms with E-state index in [1.165, 1.54) is 25.9 Å². The number of likely N-dealkylation sites (tertiary alicyclic amines) is 1. The highest BCUT2D eigenvalue weighted by Gasteiger charge is 2.56. The van der Waals surface area contributed by atoms with Crippen LogP contribution in [-0.2, 0) is 14.8 Å². The molecule has 0 aromatic carbocycles. The van der Waals surface area contributed by atoms with Crippen LogP contribution in [0.3, 0.4) is 0 Å². The Morgan fingerprint density at radius 2 is 1.79 bits per heavy atom. The maximum absolute atomic E-state index is 12.1. The van der Waals surface area contributed by atoms with Crippen LogP contribution in [-0.4, -0.2) is 67.3 Å². The molecular weight excluding hydrogens is 264 g/mol. The number of hydrogen-bond acceptors (Lipinski definition) is 4. The molecule has 0 aromatic heterocycles. The lowest BCUT2D eigenvalue weighted by atomic mass is 9.91. The maximum atomic E-state index is 12.1. The average Bonchev–Trinajstić information content (AvgIpc) is 2.91. The van der Waals surface area contributed by atoms with Gasteiger partial charge in [-0.1, -0.05) is 0 Å². The van der Waals surface area contributed by atoms with Crippen molar-refractivity contribution in [3.8, 4) is 0 Å². The fraction of sp³-hybridized carbons (Fsp3) is 1.00. The van der Waals surface area contributed by atoms with E-state index in [9.17, 15) is 8.42 Å². The minimum atomic E-state index is -2.99. The summed E-state index contributed by atoms with van der Waals surface area (Å²) in [6.45, 7) is 4.35. The molecule has 4 rings (SSSR count). The summed E-state index contributed by atoms with van der Waals surface area (Å²) in [6, 6.07) is 0.522. The molecule has 5 nitrogen and oxygen atoms in total. The minimum Gasteiger partial charge on any atom is -0.371 e. The maximum Gasteiger partial charge on any atom is 0.217 e. The van der Waals surface area contributed by atoms with Gasteiger partial charge in [-0.3, -0.25) is 4.90 Å². The first-order valence-corrected chi connectivity index (χ1v) is 8.96. The Bertz CT molecular complexity index is 462. The second-order valence-corrected chi connectivity index (χ2v) is 8.82. The molecule has 3 saturated heterocycles. The van der Waals surface area contributed by atoms with Crippen LogP contribution in [0.4, 0.5) is 0 Å². The molecule has 0 radical (unpaired) electrons. The van der Waals surface area contributed by atoms with Gasteiger partial charge in [0.05, 0.1) is 17.5 Å². The molecule has 3 aliphatic heterocycles. The number of sulfonamides is 1.